The highest BCUT2D eigenvalue weighted by Crippen LogP contribution is 2.20. The summed E-state index contributed by atoms with van der Waals surface area (Å²) in [6.45, 7) is 3.34. The van der Waals surface area contributed by atoms with Crippen LogP contribution in [0.5, 0.6) is 0 Å². The van der Waals surface area contributed by atoms with E-state index in [1.165, 1.54) is 6.42 Å². The summed E-state index contributed by atoms with van der Waals surface area (Å²) >= 11 is 0. The van der Waals surface area contributed by atoms with E-state index < -0.39 is 0 Å². The van der Waals surface area contributed by atoms with Crippen LogP contribution in [-0.4, -0.2) is 23.6 Å². The predicted octanol–water partition coefficient (Wildman–Crippen LogP) is 3.59. The largest absolute Gasteiger partial charge is 0.445 e. The van der Waals surface area contributed by atoms with E-state index in [2.05, 4.69) is 6.92 Å². The normalized spacial score (nSPS) is 19.6. The Balaban J connectivity index is 1.87. The monoisotopic (exact) mass is 247 g/mol. The Bertz CT molecular complexity index is 377. The van der Waals surface area contributed by atoms with Crippen molar-refractivity contribution in [2.75, 3.05) is 6.54 Å². The Morgan fingerprint density at radius 1 is 1.33 bits per heavy atom. The van der Waals surface area contributed by atoms with Crippen molar-refractivity contribution in [1.82, 2.24) is 4.90 Å². The Morgan fingerprint density at radius 3 is 2.83 bits per heavy atom. The molecule has 0 radical (unpaired) electrons. The highest BCUT2D eigenvalue weighted by Gasteiger charge is 2.26. The quantitative estimate of drug-likeness (QED) is 0.817. The summed E-state index contributed by atoms with van der Waals surface area (Å²) in [4.78, 5) is 13.9. The van der Waals surface area contributed by atoms with Crippen LogP contribution in [-0.2, 0) is 11.3 Å². The maximum absolute atomic E-state index is 12.0. The molecule has 1 saturated heterocycles. The van der Waals surface area contributed by atoms with Gasteiger partial charge in [-0.1, -0.05) is 37.3 Å². The molecule has 1 amide bonds. The molecule has 2 rings (SSSR count). The summed E-state index contributed by atoms with van der Waals surface area (Å²) in [6.07, 6.45) is 4.28. The molecule has 1 unspecified atom stereocenters. The minimum Gasteiger partial charge on any atom is -0.445 e. The lowest BCUT2D eigenvalue weighted by molar-refractivity contribution is 0.0672. The van der Waals surface area contributed by atoms with Gasteiger partial charge in [0.15, 0.2) is 0 Å². The van der Waals surface area contributed by atoms with Crippen LogP contribution in [0.3, 0.4) is 0 Å². The van der Waals surface area contributed by atoms with Gasteiger partial charge in [0.2, 0.25) is 0 Å². The van der Waals surface area contributed by atoms with Crippen molar-refractivity contribution < 1.29 is 9.53 Å². The van der Waals surface area contributed by atoms with Crippen LogP contribution in [0.25, 0.3) is 0 Å². The van der Waals surface area contributed by atoms with Crippen molar-refractivity contribution in [3.8, 4) is 0 Å². The fourth-order valence-electron chi connectivity index (χ4n) is 2.47. The number of carbonyl (C=O) groups is 1. The third-order valence-electron chi connectivity index (χ3n) is 3.54. The molecule has 1 heterocycles. The van der Waals surface area contributed by atoms with Crippen LogP contribution in [0, 0.1) is 0 Å². The van der Waals surface area contributed by atoms with Gasteiger partial charge >= 0.3 is 6.09 Å². The number of likely N-dealkylation sites (tertiary alicyclic amines) is 1. The molecule has 1 aliphatic heterocycles. The first-order valence-corrected chi connectivity index (χ1v) is 6.78. The maximum atomic E-state index is 12.0. The van der Waals surface area contributed by atoms with Gasteiger partial charge in [-0.15, -0.1) is 0 Å². The number of hydrogen-bond acceptors (Lipinski definition) is 2. The van der Waals surface area contributed by atoms with Crippen molar-refractivity contribution >= 4 is 6.09 Å². The van der Waals surface area contributed by atoms with E-state index in [9.17, 15) is 4.79 Å². The van der Waals surface area contributed by atoms with Gasteiger partial charge in [0.1, 0.15) is 6.61 Å². The Morgan fingerprint density at radius 2 is 2.11 bits per heavy atom. The molecule has 98 valence electrons. The summed E-state index contributed by atoms with van der Waals surface area (Å²) in [5, 5.41) is 0. The summed E-state index contributed by atoms with van der Waals surface area (Å²) in [5.41, 5.74) is 1.04. The van der Waals surface area contributed by atoms with Gasteiger partial charge < -0.3 is 9.64 Å². The lowest BCUT2D eigenvalue weighted by Gasteiger charge is -2.34. The number of benzene rings is 1. The molecule has 1 aliphatic rings. The second kappa shape index (κ2) is 6.43. The number of hydrogen-bond donors (Lipinski definition) is 0. The van der Waals surface area contributed by atoms with Gasteiger partial charge in [-0.2, -0.15) is 0 Å². The third kappa shape index (κ3) is 3.25. The first kappa shape index (κ1) is 12.9. The van der Waals surface area contributed by atoms with E-state index >= 15 is 0 Å². The highest BCUT2D eigenvalue weighted by atomic mass is 16.6. The smallest absolute Gasteiger partial charge is 0.410 e. The van der Waals surface area contributed by atoms with Crippen molar-refractivity contribution in [3.63, 3.8) is 0 Å². The molecule has 0 spiro atoms. The number of piperidine rings is 1. The van der Waals surface area contributed by atoms with Crippen molar-refractivity contribution in [2.45, 2.75) is 45.3 Å². The molecule has 1 aromatic carbocycles. The van der Waals surface area contributed by atoms with E-state index in [4.69, 9.17) is 4.74 Å². The van der Waals surface area contributed by atoms with Crippen LogP contribution in [0.1, 0.15) is 38.2 Å². The van der Waals surface area contributed by atoms with E-state index in [-0.39, 0.29) is 6.09 Å². The van der Waals surface area contributed by atoms with Crippen molar-refractivity contribution in [2.24, 2.45) is 0 Å². The van der Waals surface area contributed by atoms with Gasteiger partial charge in [0.05, 0.1) is 0 Å². The van der Waals surface area contributed by atoms with Crippen LogP contribution in [0.15, 0.2) is 30.3 Å². The molecule has 1 atom stereocenters. The number of carbonyl (C=O) groups excluding carboxylic acids is 1. The molecule has 3 nitrogen and oxygen atoms in total. The molecule has 0 saturated carbocycles. The van der Waals surface area contributed by atoms with Gasteiger partial charge in [-0.3, -0.25) is 0 Å². The standard InChI is InChI=1S/C15H21NO2/c1-2-14-10-6-7-11-16(14)15(17)18-12-13-8-4-3-5-9-13/h3-5,8-9,14H,2,6-7,10-12H2,1H3. The SMILES string of the molecule is CCC1CCCCN1C(=O)OCc1ccccc1. The number of amides is 1. The molecular weight excluding hydrogens is 226 g/mol. The van der Waals surface area contributed by atoms with Crippen LogP contribution in [0.4, 0.5) is 4.79 Å². The minimum absolute atomic E-state index is 0.162. The molecule has 1 aromatic rings. The maximum Gasteiger partial charge on any atom is 0.410 e. The zero-order valence-electron chi connectivity index (χ0n) is 11.0. The fourth-order valence-corrected chi connectivity index (χ4v) is 2.47. The Labute approximate surface area is 109 Å². The summed E-state index contributed by atoms with van der Waals surface area (Å²) < 4.78 is 5.39. The molecule has 0 N–H and O–H groups in total. The average molecular weight is 247 g/mol. The Kier molecular flexibility index (Phi) is 4.62. The Hall–Kier alpha value is -1.51. The van der Waals surface area contributed by atoms with E-state index in [0.717, 1.165) is 31.4 Å². The topological polar surface area (TPSA) is 29.5 Å². The van der Waals surface area contributed by atoms with E-state index in [1.54, 1.807) is 0 Å². The molecule has 3 heteroatoms. The van der Waals surface area contributed by atoms with Crippen LogP contribution in [0.2, 0.25) is 0 Å². The predicted molar refractivity (Wildman–Crippen MR) is 71.3 cm³/mol. The van der Waals surface area contributed by atoms with Crippen molar-refractivity contribution in [3.05, 3.63) is 35.9 Å². The molecule has 0 bridgehead atoms. The van der Waals surface area contributed by atoms with E-state index in [0.29, 0.717) is 12.6 Å². The first-order chi connectivity index (χ1) is 8.81. The lowest BCUT2D eigenvalue weighted by atomic mass is 10.0. The fraction of sp³-hybridized carbons (Fsp3) is 0.533. The zero-order valence-corrected chi connectivity index (χ0v) is 11.0. The molecular formula is C15H21NO2. The number of nitrogens with zero attached hydrogens (tertiary/aromatic N) is 1. The van der Waals surface area contributed by atoms with Crippen LogP contribution >= 0.6 is 0 Å². The third-order valence-corrected chi connectivity index (χ3v) is 3.54. The molecule has 0 aromatic heterocycles. The summed E-state index contributed by atoms with van der Waals surface area (Å²) in [6, 6.07) is 10.2. The molecule has 0 aliphatic carbocycles. The number of rotatable bonds is 3. The van der Waals surface area contributed by atoms with Gasteiger partial charge in [0.25, 0.3) is 0 Å². The van der Waals surface area contributed by atoms with Crippen LogP contribution < -0.4 is 0 Å². The highest BCUT2D eigenvalue weighted by molar-refractivity contribution is 5.68. The number of ether oxygens (including phenoxy) is 1. The van der Waals surface area contributed by atoms with E-state index in [1.807, 2.05) is 35.2 Å². The van der Waals surface area contributed by atoms with Crippen molar-refractivity contribution in [1.29, 1.82) is 0 Å². The first-order valence-electron chi connectivity index (χ1n) is 6.78. The summed E-state index contributed by atoms with van der Waals surface area (Å²) in [5.74, 6) is 0. The lowest BCUT2D eigenvalue weighted by Crippen LogP contribution is -2.43. The van der Waals surface area contributed by atoms with Gasteiger partial charge in [-0.05, 0) is 31.2 Å². The van der Waals surface area contributed by atoms with Gasteiger partial charge in [-0.25, -0.2) is 4.79 Å². The second-order valence-corrected chi connectivity index (χ2v) is 4.79. The zero-order chi connectivity index (χ0) is 12.8. The second-order valence-electron chi connectivity index (χ2n) is 4.79. The average Bonchev–Trinajstić information content (AvgIpc) is 2.45. The minimum atomic E-state index is -0.162. The molecule has 18 heavy (non-hydrogen) atoms. The van der Waals surface area contributed by atoms with Gasteiger partial charge in [0, 0.05) is 12.6 Å². The summed E-state index contributed by atoms with van der Waals surface area (Å²) in [7, 11) is 0. The molecule has 1 fully saturated rings.